The number of nitrogens with one attached hydrogen (secondary N) is 1. The SMILES string of the molecule is CCC1C(=O)NC(CC(C)C)C(=O)N1CC(C)C(C)(C)C. The highest BCUT2D eigenvalue weighted by Crippen LogP contribution is 2.28. The molecular formula is C17H32N2O2. The van der Waals surface area contributed by atoms with Crippen LogP contribution < -0.4 is 5.32 Å². The zero-order valence-corrected chi connectivity index (χ0v) is 14.7. The Morgan fingerprint density at radius 2 is 1.76 bits per heavy atom. The average molecular weight is 296 g/mol. The molecule has 1 fully saturated rings. The molecule has 0 aliphatic carbocycles. The van der Waals surface area contributed by atoms with Crippen LogP contribution in [0.3, 0.4) is 0 Å². The van der Waals surface area contributed by atoms with E-state index < -0.39 is 0 Å². The van der Waals surface area contributed by atoms with Crippen molar-refractivity contribution >= 4 is 11.8 Å². The third kappa shape index (κ3) is 4.45. The van der Waals surface area contributed by atoms with Crippen LogP contribution >= 0.6 is 0 Å². The third-order valence-corrected chi connectivity index (χ3v) is 4.62. The summed E-state index contributed by atoms with van der Waals surface area (Å²) in [6, 6.07) is -0.668. The van der Waals surface area contributed by atoms with E-state index in [-0.39, 0.29) is 29.3 Å². The van der Waals surface area contributed by atoms with Crippen LogP contribution in [0.1, 0.15) is 61.3 Å². The summed E-state index contributed by atoms with van der Waals surface area (Å²) in [6.07, 6.45) is 1.38. The average Bonchev–Trinajstić information content (AvgIpc) is 2.33. The molecule has 0 radical (unpaired) electrons. The fraction of sp³-hybridized carbons (Fsp3) is 0.882. The zero-order valence-electron chi connectivity index (χ0n) is 14.7. The lowest BCUT2D eigenvalue weighted by molar-refractivity contribution is -0.151. The van der Waals surface area contributed by atoms with Crippen molar-refractivity contribution in [3.63, 3.8) is 0 Å². The second-order valence-electron chi connectivity index (χ2n) is 7.87. The lowest BCUT2D eigenvalue weighted by Gasteiger charge is -2.42. The summed E-state index contributed by atoms with van der Waals surface area (Å²) in [5, 5.41) is 2.91. The van der Waals surface area contributed by atoms with Gasteiger partial charge in [-0.1, -0.05) is 48.5 Å². The molecule has 0 aromatic carbocycles. The molecule has 3 atom stereocenters. The molecule has 1 saturated heterocycles. The first-order valence-corrected chi connectivity index (χ1v) is 8.18. The summed E-state index contributed by atoms with van der Waals surface area (Å²) in [4.78, 5) is 26.9. The van der Waals surface area contributed by atoms with Gasteiger partial charge < -0.3 is 10.2 Å². The van der Waals surface area contributed by atoms with Gasteiger partial charge in [-0.05, 0) is 30.1 Å². The van der Waals surface area contributed by atoms with Gasteiger partial charge in [-0.2, -0.15) is 0 Å². The number of hydrogen-bond acceptors (Lipinski definition) is 2. The summed E-state index contributed by atoms with van der Waals surface area (Å²) >= 11 is 0. The Morgan fingerprint density at radius 1 is 1.19 bits per heavy atom. The molecule has 0 aromatic rings. The maximum absolute atomic E-state index is 12.7. The van der Waals surface area contributed by atoms with Crippen LogP contribution in [0.5, 0.6) is 0 Å². The highest BCUT2D eigenvalue weighted by Gasteiger charge is 2.40. The summed E-state index contributed by atoms with van der Waals surface area (Å²) < 4.78 is 0. The van der Waals surface area contributed by atoms with Gasteiger partial charge in [0.05, 0.1) is 0 Å². The molecule has 1 aliphatic heterocycles. The minimum absolute atomic E-state index is 0.00357. The van der Waals surface area contributed by atoms with Crippen LogP contribution in [0, 0.1) is 17.3 Å². The molecule has 1 N–H and O–H groups in total. The van der Waals surface area contributed by atoms with Gasteiger partial charge in [0.25, 0.3) is 0 Å². The minimum Gasteiger partial charge on any atom is -0.342 e. The molecule has 1 rings (SSSR count). The summed E-state index contributed by atoms with van der Waals surface area (Å²) in [5.41, 5.74) is 0.125. The van der Waals surface area contributed by atoms with Gasteiger partial charge in [0.1, 0.15) is 12.1 Å². The lowest BCUT2D eigenvalue weighted by Crippen LogP contribution is -2.64. The maximum atomic E-state index is 12.7. The quantitative estimate of drug-likeness (QED) is 0.848. The number of nitrogens with zero attached hydrogens (tertiary/aromatic N) is 1. The Kier molecular flexibility index (Phi) is 5.83. The van der Waals surface area contributed by atoms with E-state index in [2.05, 4.69) is 46.9 Å². The molecule has 3 unspecified atom stereocenters. The normalized spacial score (nSPS) is 25.2. The van der Waals surface area contributed by atoms with Crippen molar-refractivity contribution in [1.82, 2.24) is 10.2 Å². The van der Waals surface area contributed by atoms with E-state index in [1.54, 1.807) is 0 Å². The smallest absolute Gasteiger partial charge is 0.245 e. The standard InChI is InChI=1S/C17H32N2O2/c1-8-14-15(20)18-13(9-11(2)3)16(21)19(14)10-12(4)17(5,6)7/h11-14H,8-10H2,1-7H3,(H,18,20). The molecular weight excluding hydrogens is 264 g/mol. The van der Waals surface area contributed by atoms with Crippen molar-refractivity contribution in [1.29, 1.82) is 0 Å². The predicted octanol–water partition coefficient (Wildman–Crippen LogP) is 2.82. The highest BCUT2D eigenvalue weighted by molar-refractivity contribution is 5.96. The van der Waals surface area contributed by atoms with Crippen LogP contribution in [0.25, 0.3) is 0 Å². The van der Waals surface area contributed by atoms with E-state index in [0.717, 1.165) is 0 Å². The number of carbonyl (C=O) groups excluding carboxylic acids is 2. The lowest BCUT2D eigenvalue weighted by atomic mass is 9.81. The minimum atomic E-state index is -0.354. The number of hydrogen-bond donors (Lipinski definition) is 1. The Bertz CT molecular complexity index is 385. The summed E-state index contributed by atoms with van der Waals surface area (Å²) in [5.74, 6) is 0.829. The van der Waals surface area contributed by atoms with Gasteiger partial charge in [0.15, 0.2) is 0 Å². The van der Waals surface area contributed by atoms with E-state index in [1.165, 1.54) is 0 Å². The predicted molar refractivity (Wildman–Crippen MR) is 85.8 cm³/mol. The van der Waals surface area contributed by atoms with E-state index in [9.17, 15) is 9.59 Å². The van der Waals surface area contributed by atoms with Gasteiger partial charge in [0.2, 0.25) is 11.8 Å². The Balaban J connectivity index is 2.93. The zero-order chi connectivity index (χ0) is 16.4. The van der Waals surface area contributed by atoms with Crippen molar-refractivity contribution in [3.8, 4) is 0 Å². The number of piperazine rings is 1. The topological polar surface area (TPSA) is 49.4 Å². The number of amides is 2. The van der Waals surface area contributed by atoms with Crippen molar-refractivity contribution in [2.75, 3.05) is 6.54 Å². The van der Waals surface area contributed by atoms with E-state index >= 15 is 0 Å². The van der Waals surface area contributed by atoms with Crippen molar-refractivity contribution in [2.24, 2.45) is 17.3 Å². The van der Waals surface area contributed by atoms with E-state index in [0.29, 0.717) is 31.2 Å². The number of carbonyl (C=O) groups is 2. The van der Waals surface area contributed by atoms with E-state index in [1.807, 2.05) is 11.8 Å². The van der Waals surface area contributed by atoms with Crippen molar-refractivity contribution in [2.45, 2.75) is 73.4 Å². The first-order valence-electron chi connectivity index (χ1n) is 8.18. The molecule has 1 heterocycles. The fourth-order valence-corrected chi connectivity index (χ4v) is 2.65. The van der Waals surface area contributed by atoms with Gasteiger partial charge >= 0.3 is 0 Å². The maximum Gasteiger partial charge on any atom is 0.245 e. The molecule has 0 aromatic heterocycles. The summed E-state index contributed by atoms with van der Waals surface area (Å²) in [6.45, 7) is 15.5. The molecule has 2 amide bonds. The molecule has 21 heavy (non-hydrogen) atoms. The molecule has 1 aliphatic rings. The molecule has 0 saturated carbocycles. The first kappa shape index (κ1) is 18.0. The first-order chi connectivity index (χ1) is 9.57. The third-order valence-electron chi connectivity index (χ3n) is 4.62. The van der Waals surface area contributed by atoms with Crippen LogP contribution in [0.2, 0.25) is 0 Å². The van der Waals surface area contributed by atoms with E-state index in [4.69, 9.17) is 0 Å². The second-order valence-corrected chi connectivity index (χ2v) is 7.87. The van der Waals surface area contributed by atoms with Gasteiger partial charge in [0, 0.05) is 6.54 Å². The van der Waals surface area contributed by atoms with Gasteiger partial charge in [-0.15, -0.1) is 0 Å². The molecule has 4 heteroatoms. The second kappa shape index (κ2) is 6.80. The highest BCUT2D eigenvalue weighted by atomic mass is 16.2. The largest absolute Gasteiger partial charge is 0.342 e. The van der Waals surface area contributed by atoms with Crippen LogP contribution in [0.15, 0.2) is 0 Å². The molecule has 4 nitrogen and oxygen atoms in total. The van der Waals surface area contributed by atoms with Crippen molar-refractivity contribution in [3.05, 3.63) is 0 Å². The molecule has 122 valence electrons. The Hall–Kier alpha value is -1.06. The van der Waals surface area contributed by atoms with Crippen LogP contribution in [-0.2, 0) is 9.59 Å². The van der Waals surface area contributed by atoms with Crippen molar-refractivity contribution < 1.29 is 9.59 Å². The van der Waals surface area contributed by atoms with Crippen LogP contribution in [-0.4, -0.2) is 35.3 Å². The van der Waals surface area contributed by atoms with Gasteiger partial charge in [-0.25, -0.2) is 0 Å². The fourth-order valence-electron chi connectivity index (χ4n) is 2.65. The molecule has 0 bridgehead atoms. The monoisotopic (exact) mass is 296 g/mol. The Labute approximate surface area is 129 Å². The Morgan fingerprint density at radius 3 is 2.19 bits per heavy atom. The number of rotatable bonds is 5. The molecule has 0 spiro atoms. The summed E-state index contributed by atoms with van der Waals surface area (Å²) in [7, 11) is 0. The van der Waals surface area contributed by atoms with Crippen LogP contribution in [0.4, 0.5) is 0 Å². The van der Waals surface area contributed by atoms with Gasteiger partial charge in [-0.3, -0.25) is 9.59 Å².